The molecule has 16 heavy (non-hydrogen) atoms. The van der Waals surface area contributed by atoms with Gasteiger partial charge in [-0.2, -0.15) is 0 Å². The van der Waals surface area contributed by atoms with E-state index in [1.54, 1.807) is 17.7 Å². The molecular weight excluding hydrogens is 222 g/mol. The summed E-state index contributed by atoms with van der Waals surface area (Å²) in [5.74, 6) is 1.02. The van der Waals surface area contributed by atoms with Crippen LogP contribution in [0.4, 0.5) is 5.82 Å². The second-order valence-corrected chi connectivity index (χ2v) is 4.97. The van der Waals surface area contributed by atoms with Gasteiger partial charge < -0.3 is 10.0 Å². The number of hydrogen-bond acceptors (Lipinski definition) is 5. The van der Waals surface area contributed by atoms with E-state index in [-0.39, 0.29) is 6.10 Å². The average molecular weight is 235 g/mol. The minimum Gasteiger partial charge on any atom is -0.393 e. The summed E-state index contributed by atoms with van der Waals surface area (Å²) in [5.41, 5.74) is 1.01. The van der Waals surface area contributed by atoms with E-state index >= 15 is 0 Å². The van der Waals surface area contributed by atoms with E-state index in [2.05, 4.69) is 14.9 Å². The maximum atomic E-state index is 9.49. The number of nitrogens with zero attached hydrogens (tertiary/aromatic N) is 3. The van der Waals surface area contributed by atoms with Crippen molar-refractivity contribution in [2.45, 2.75) is 18.9 Å². The summed E-state index contributed by atoms with van der Waals surface area (Å²) in [6.45, 7) is 1.76. The van der Waals surface area contributed by atoms with Gasteiger partial charge in [-0.3, -0.25) is 0 Å². The number of fused-ring (bicyclic) bond motifs is 1. The lowest BCUT2D eigenvalue weighted by molar-refractivity contribution is 0.145. The number of thiophene rings is 1. The zero-order valence-electron chi connectivity index (χ0n) is 8.83. The van der Waals surface area contributed by atoms with Crippen LogP contribution in [0.15, 0.2) is 17.8 Å². The fraction of sp³-hybridized carbons (Fsp3) is 0.455. The van der Waals surface area contributed by atoms with Crippen LogP contribution in [-0.2, 0) is 0 Å². The molecule has 0 amide bonds. The van der Waals surface area contributed by atoms with Crippen molar-refractivity contribution in [3.05, 3.63) is 17.8 Å². The van der Waals surface area contributed by atoms with E-state index in [1.807, 2.05) is 11.4 Å². The number of aromatic nitrogens is 2. The number of rotatable bonds is 1. The first-order valence-electron chi connectivity index (χ1n) is 5.46. The summed E-state index contributed by atoms with van der Waals surface area (Å²) in [4.78, 5) is 10.8. The number of aliphatic hydroxyl groups excluding tert-OH is 1. The lowest BCUT2D eigenvalue weighted by atomic mass is 10.1. The molecule has 1 fully saturated rings. The van der Waals surface area contributed by atoms with Gasteiger partial charge in [0.1, 0.15) is 12.1 Å². The molecule has 5 heteroatoms. The molecule has 0 saturated carbocycles. The highest BCUT2D eigenvalue weighted by atomic mass is 32.1. The number of anilines is 1. The molecule has 0 bridgehead atoms. The fourth-order valence-electron chi connectivity index (χ4n) is 2.08. The van der Waals surface area contributed by atoms with E-state index in [9.17, 15) is 5.11 Å². The predicted octanol–water partition coefficient (Wildman–Crippen LogP) is 1.65. The van der Waals surface area contributed by atoms with Crippen LogP contribution in [-0.4, -0.2) is 34.3 Å². The van der Waals surface area contributed by atoms with Crippen molar-refractivity contribution in [1.82, 2.24) is 9.97 Å². The van der Waals surface area contributed by atoms with Crippen LogP contribution >= 0.6 is 11.3 Å². The van der Waals surface area contributed by atoms with Crippen LogP contribution in [0.2, 0.25) is 0 Å². The molecule has 3 rings (SSSR count). The van der Waals surface area contributed by atoms with Crippen LogP contribution in [0, 0.1) is 0 Å². The Bertz CT molecular complexity index is 491. The molecule has 3 heterocycles. The second kappa shape index (κ2) is 3.99. The normalized spacial score (nSPS) is 18.2. The molecule has 1 saturated heterocycles. The van der Waals surface area contributed by atoms with Crippen molar-refractivity contribution < 1.29 is 5.11 Å². The van der Waals surface area contributed by atoms with Gasteiger partial charge in [-0.25, -0.2) is 9.97 Å². The third kappa shape index (κ3) is 1.66. The number of piperidine rings is 1. The fourth-order valence-corrected chi connectivity index (χ4v) is 2.94. The quantitative estimate of drug-likeness (QED) is 0.816. The van der Waals surface area contributed by atoms with Crippen molar-refractivity contribution >= 4 is 27.4 Å². The van der Waals surface area contributed by atoms with Gasteiger partial charge >= 0.3 is 0 Å². The molecule has 0 radical (unpaired) electrons. The Morgan fingerprint density at radius 1 is 1.31 bits per heavy atom. The van der Waals surface area contributed by atoms with Crippen molar-refractivity contribution in [3.63, 3.8) is 0 Å². The Morgan fingerprint density at radius 3 is 2.94 bits per heavy atom. The van der Waals surface area contributed by atoms with Gasteiger partial charge in [0.25, 0.3) is 0 Å². The summed E-state index contributed by atoms with van der Waals surface area (Å²) in [7, 11) is 0. The first-order valence-corrected chi connectivity index (χ1v) is 6.34. The summed E-state index contributed by atoms with van der Waals surface area (Å²) in [5, 5.41) is 11.5. The van der Waals surface area contributed by atoms with Crippen LogP contribution in [0.3, 0.4) is 0 Å². The average Bonchev–Trinajstić information content (AvgIpc) is 2.78. The molecule has 0 aliphatic carbocycles. The molecule has 2 aromatic heterocycles. The van der Waals surface area contributed by atoms with E-state index in [4.69, 9.17) is 0 Å². The number of aliphatic hydroxyl groups is 1. The van der Waals surface area contributed by atoms with Gasteiger partial charge in [0, 0.05) is 13.1 Å². The molecular formula is C11H13N3OS. The van der Waals surface area contributed by atoms with Crippen molar-refractivity contribution in [3.8, 4) is 0 Å². The highest BCUT2D eigenvalue weighted by Crippen LogP contribution is 2.29. The molecule has 1 aliphatic heterocycles. The monoisotopic (exact) mass is 235 g/mol. The third-order valence-electron chi connectivity index (χ3n) is 2.99. The topological polar surface area (TPSA) is 49.2 Å². The Balaban J connectivity index is 1.96. The van der Waals surface area contributed by atoms with Gasteiger partial charge in [-0.1, -0.05) is 0 Å². The largest absolute Gasteiger partial charge is 0.393 e. The summed E-state index contributed by atoms with van der Waals surface area (Å²) < 4.78 is 1.15. The highest BCUT2D eigenvalue weighted by molar-refractivity contribution is 7.17. The zero-order chi connectivity index (χ0) is 11.0. The molecule has 0 aromatic carbocycles. The Hall–Kier alpha value is -1.20. The standard InChI is InChI=1S/C11H13N3OS/c15-8-1-4-14(5-2-8)11-10-9(3-6-16-10)12-7-13-11/h3,6-8,15H,1-2,4-5H2. The lowest BCUT2D eigenvalue weighted by Crippen LogP contribution is -2.36. The molecule has 1 N–H and O–H groups in total. The first-order chi connectivity index (χ1) is 7.84. The van der Waals surface area contributed by atoms with Crippen molar-refractivity contribution in [2.24, 2.45) is 0 Å². The van der Waals surface area contributed by atoms with Crippen LogP contribution in [0.1, 0.15) is 12.8 Å². The minimum atomic E-state index is -0.142. The summed E-state index contributed by atoms with van der Waals surface area (Å²) >= 11 is 1.68. The molecule has 4 nitrogen and oxygen atoms in total. The van der Waals surface area contributed by atoms with Gasteiger partial charge in [0.15, 0.2) is 0 Å². The van der Waals surface area contributed by atoms with E-state index in [0.29, 0.717) is 0 Å². The van der Waals surface area contributed by atoms with Gasteiger partial charge in [-0.05, 0) is 24.3 Å². The van der Waals surface area contributed by atoms with E-state index in [0.717, 1.165) is 42.0 Å². The van der Waals surface area contributed by atoms with E-state index in [1.165, 1.54) is 0 Å². The molecule has 0 unspecified atom stereocenters. The predicted molar refractivity (Wildman–Crippen MR) is 64.9 cm³/mol. The van der Waals surface area contributed by atoms with Crippen molar-refractivity contribution in [1.29, 1.82) is 0 Å². The second-order valence-electron chi connectivity index (χ2n) is 4.05. The molecule has 2 aromatic rings. The Morgan fingerprint density at radius 2 is 2.12 bits per heavy atom. The SMILES string of the molecule is OC1CCN(c2ncnc3ccsc23)CC1. The van der Waals surface area contributed by atoms with Crippen molar-refractivity contribution in [2.75, 3.05) is 18.0 Å². The number of hydrogen-bond donors (Lipinski definition) is 1. The highest BCUT2D eigenvalue weighted by Gasteiger charge is 2.20. The smallest absolute Gasteiger partial charge is 0.150 e. The third-order valence-corrected chi connectivity index (χ3v) is 3.89. The van der Waals surface area contributed by atoms with Gasteiger partial charge in [0.05, 0.1) is 16.3 Å². The van der Waals surface area contributed by atoms with Crippen LogP contribution in [0.5, 0.6) is 0 Å². The Labute approximate surface area is 97.6 Å². The zero-order valence-corrected chi connectivity index (χ0v) is 9.65. The molecule has 84 valence electrons. The van der Waals surface area contributed by atoms with Gasteiger partial charge in [-0.15, -0.1) is 11.3 Å². The molecule has 1 aliphatic rings. The maximum absolute atomic E-state index is 9.49. The summed E-state index contributed by atoms with van der Waals surface area (Å²) in [6, 6.07) is 2.02. The molecule has 0 atom stereocenters. The molecule has 0 spiro atoms. The first kappa shape index (κ1) is 9.99. The van der Waals surface area contributed by atoms with Crippen LogP contribution in [0.25, 0.3) is 10.2 Å². The van der Waals surface area contributed by atoms with Gasteiger partial charge in [0.2, 0.25) is 0 Å². The minimum absolute atomic E-state index is 0.142. The Kier molecular flexibility index (Phi) is 2.49. The lowest BCUT2D eigenvalue weighted by Gasteiger charge is -2.30. The maximum Gasteiger partial charge on any atom is 0.150 e. The van der Waals surface area contributed by atoms with Crippen LogP contribution < -0.4 is 4.90 Å². The van der Waals surface area contributed by atoms with E-state index < -0.39 is 0 Å². The summed E-state index contributed by atoms with van der Waals surface area (Å²) in [6.07, 6.45) is 3.14.